The van der Waals surface area contributed by atoms with Crippen LogP contribution in [0.5, 0.6) is 0 Å². The second kappa shape index (κ2) is 6.68. The standard InChI is InChI=1S/C16H12F3N3O2/c1-9-4-10(6-20)2-3-12(9)15(24)22-14-5-13(16(17,18)19)11(8-23)7-21-14/h2-5,7,23H,8H2,1H3,(H,21,22,24). The summed E-state index contributed by atoms with van der Waals surface area (Å²) < 4.78 is 38.8. The summed E-state index contributed by atoms with van der Waals surface area (Å²) in [6, 6.07) is 6.94. The number of aliphatic hydroxyl groups excluding tert-OH is 1. The lowest BCUT2D eigenvalue weighted by molar-refractivity contribution is -0.138. The number of anilines is 1. The first-order valence-corrected chi connectivity index (χ1v) is 6.75. The molecule has 0 saturated heterocycles. The summed E-state index contributed by atoms with van der Waals surface area (Å²) in [7, 11) is 0. The Morgan fingerprint density at radius 2 is 2.08 bits per heavy atom. The van der Waals surface area contributed by atoms with Crippen molar-refractivity contribution in [3.05, 3.63) is 58.3 Å². The fraction of sp³-hybridized carbons (Fsp3) is 0.188. The van der Waals surface area contributed by atoms with Crippen LogP contribution in [-0.2, 0) is 12.8 Å². The Kier molecular flexibility index (Phi) is 4.85. The number of aryl methyl sites for hydroxylation is 1. The number of hydrogen-bond acceptors (Lipinski definition) is 4. The van der Waals surface area contributed by atoms with Gasteiger partial charge in [0.2, 0.25) is 0 Å². The second-order valence-corrected chi connectivity index (χ2v) is 4.98. The molecule has 0 fully saturated rings. The molecule has 5 nitrogen and oxygen atoms in total. The maximum absolute atomic E-state index is 12.9. The van der Waals surface area contributed by atoms with Crippen molar-refractivity contribution >= 4 is 11.7 Å². The molecule has 0 aliphatic rings. The lowest BCUT2D eigenvalue weighted by atomic mass is 10.0. The van der Waals surface area contributed by atoms with E-state index >= 15 is 0 Å². The zero-order valence-corrected chi connectivity index (χ0v) is 12.5. The minimum absolute atomic E-state index is 0.218. The number of carbonyl (C=O) groups is 1. The Hall–Kier alpha value is -2.92. The molecule has 0 radical (unpaired) electrons. The first-order chi connectivity index (χ1) is 11.3. The average Bonchev–Trinajstić information content (AvgIpc) is 2.53. The summed E-state index contributed by atoms with van der Waals surface area (Å²) in [4.78, 5) is 15.9. The highest BCUT2D eigenvalue weighted by Crippen LogP contribution is 2.33. The quantitative estimate of drug-likeness (QED) is 0.903. The van der Waals surface area contributed by atoms with Gasteiger partial charge in [-0.15, -0.1) is 0 Å². The predicted octanol–water partition coefficient (Wildman–Crippen LogP) is 3.03. The molecule has 0 spiro atoms. The molecule has 0 unspecified atom stereocenters. The fourth-order valence-corrected chi connectivity index (χ4v) is 2.11. The van der Waals surface area contributed by atoms with Gasteiger partial charge in [0, 0.05) is 17.3 Å². The molecule has 0 atom stereocenters. The highest BCUT2D eigenvalue weighted by atomic mass is 19.4. The van der Waals surface area contributed by atoms with Gasteiger partial charge in [-0.1, -0.05) is 0 Å². The summed E-state index contributed by atoms with van der Waals surface area (Å²) in [5.41, 5.74) is -0.346. The third-order valence-electron chi connectivity index (χ3n) is 3.30. The van der Waals surface area contributed by atoms with Crippen molar-refractivity contribution in [1.82, 2.24) is 4.98 Å². The smallest absolute Gasteiger partial charge is 0.392 e. The minimum Gasteiger partial charge on any atom is -0.392 e. The Labute approximate surface area is 135 Å². The molecular weight excluding hydrogens is 323 g/mol. The normalized spacial score (nSPS) is 11.0. The van der Waals surface area contributed by atoms with Gasteiger partial charge in [-0.2, -0.15) is 18.4 Å². The molecule has 2 aromatic rings. The van der Waals surface area contributed by atoms with Crippen LogP contribution in [-0.4, -0.2) is 16.0 Å². The number of carbonyl (C=O) groups excluding carboxylic acids is 1. The van der Waals surface area contributed by atoms with Gasteiger partial charge in [-0.05, 0) is 36.8 Å². The van der Waals surface area contributed by atoms with Crippen molar-refractivity contribution in [2.75, 3.05) is 5.32 Å². The SMILES string of the molecule is Cc1cc(C#N)ccc1C(=O)Nc1cc(C(F)(F)F)c(CO)cn1. The Morgan fingerprint density at radius 3 is 2.62 bits per heavy atom. The third kappa shape index (κ3) is 3.70. The molecule has 0 aliphatic heterocycles. The van der Waals surface area contributed by atoms with E-state index in [9.17, 15) is 18.0 Å². The maximum Gasteiger partial charge on any atom is 0.416 e. The number of pyridine rings is 1. The van der Waals surface area contributed by atoms with Crippen molar-refractivity contribution in [3.63, 3.8) is 0 Å². The zero-order chi connectivity index (χ0) is 17.9. The zero-order valence-electron chi connectivity index (χ0n) is 12.5. The van der Waals surface area contributed by atoms with Crippen LogP contribution in [0.1, 0.15) is 32.6 Å². The van der Waals surface area contributed by atoms with Gasteiger partial charge in [-0.25, -0.2) is 4.98 Å². The van der Waals surface area contributed by atoms with E-state index in [1.807, 2.05) is 6.07 Å². The number of aliphatic hydroxyl groups is 1. The molecule has 2 N–H and O–H groups in total. The summed E-state index contributed by atoms with van der Waals surface area (Å²) in [5.74, 6) is -0.928. The number of hydrogen-bond donors (Lipinski definition) is 2. The lowest BCUT2D eigenvalue weighted by Gasteiger charge is -2.13. The van der Waals surface area contributed by atoms with Crippen molar-refractivity contribution < 1.29 is 23.1 Å². The average molecular weight is 335 g/mol. The van der Waals surface area contributed by atoms with E-state index in [1.54, 1.807) is 6.92 Å². The van der Waals surface area contributed by atoms with E-state index in [0.717, 1.165) is 6.20 Å². The largest absolute Gasteiger partial charge is 0.416 e. The van der Waals surface area contributed by atoms with Crippen LogP contribution in [0.2, 0.25) is 0 Å². The maximum atomic E-state index is 12.9. The number of halogens is 3. The first-order valence-electron chi connectivity index (χ1n) is 6.75. The highest BCUT2D eigenvalue weighted by molar-refractivity contribution is 6.04. The molecule has 1 heterocycles. The summed E-state index contributed by atoms with van der Waals surface area (Å²) >= 11 is 0. The third-order valence-corrected chi connectivity index (χ3v) is 3.30. The van der Waals surface area contributed by atoms with Gasteiger partial charge >= 0.3 is 6.18 Å². The minimum atomic E-state index is -4.68. The number of nitriles is 1. The monoisotopic (exact) mass is 335 g/mol. The molecule has 0 saturated carbocycles. The van der Waals surface area contributed by atoms with Crippen molar-refractivity contribution in [2.24, 2.45) is 0 Å². The number of amides is 1. The molecule has 0 bridgehead atoms. The van der Waals surface area contributed by atoms with Crippen LogP contribution in [0.25, 0.3) is 0 Å². The highest BCUT2D eigenvalue weighted by Gasteiger charge is 2.34. The lowest BCUT2D eigenvalue weighted by Crippen LogP contribution is -2.17. The van der Waals surface area contributed by atoms with Gasteiger partial charge in [-0.3, -0.25) is 4.79 Å². The summed E-state index contributed by atoms with van der Waals surface area (Å²) in [5, 5.41) is 20.0. The number of benzene rings is 1. The Morgan fingerprint density at radius 1 is 1.38 bits per heavy atom. The van der Waals surface area contributed by atoms with Crippen LogP contribution in [0.3, 0.4) is 0 Å². The Bertz CT molecular complexity index is 826. The van der Waals surface area contributed by atoms with E-state index < -0.39 is 24.3 Å². The molecule has 2 rings (SSSR count). The van der Waals surface area contributed by atoms with Crippen LogP contribution in [0.4, 0.5) is 19.0 Å². The summed E-state index contributed by atoms with van der Waals surface area (Å²) in [6.07, 6.45) is -3.81. The number of alkyl halides is 3. The van der Waals surface area contributed by atoms with E-state index in [1.165, 1.54) is 18.2 Å². The molecule has 24 heavy (non-hydrogen) atoms. The van der Waals surface area contributed by atoms with Crippen molar-refractivity contribution in [2.45, 2.75) is 19.7 Å². The van der Waals surface area contributed by atoms with E-state index in [2.05, 4.69) is 10.3 Å². The second-order valence-electron chi connectivity index (χ2n) is 4.98. The molecule has 0 aliphatic carbocycles. The van der Waals surface area contributed by atoms with Crippen molar-refractivity contribution in [1.29, 1.82) is 5.26 Å². The van der Waals surface area contributed by atoms with Crippen LogP contribution < -0.4 is 5.32 Å². The topological polar surface area (TPSA) is 86.0 Å². The number of nitrogens with zero attached hydrogens (tertiary/aromatic N) is 2. The van der Waals surface area contributed by atoms with Gasteiger partial charge in [0.1, 0.15) is 5.82 Å². The van der Waals surface area contributed by atoms with Gasteiger partial charge < -0.3 is 10.4 Å². The Balaban J connectivity index is 2.31. The van der Waals surface area contributed by atoms with E-state index in [0.29, 0.717) is 17.2 Å². The number of nitrogens with one attached hydrogen (secondary N) is 1. The number of aromatic nitrogens is 1. The molecule has 8 heteroatoms. The first kappa shape index (κ1) is 17.4. The summed E-state index contributed by atoms with van der Waals surface area (Å²) in [6.45, 7) is 0.796. The van der Waals surface area contributed by atoms with E-state index in [4.69, 9.17) is 10.4 Å². The molecule has 1 aromatic heterocycles. The number of rotatable bonds is 3. The van der Waals surface area contributed by atoms with Crippen LogP contribution in [0, 0.1) is 18.3 Å². The van der Waals surface area contributed by atoms with Crippen molar-refractivity contribution in [3.8, 4) is 6.07 Å². The molecule has 1 amide bonds. The molecule has 124 valence electrons. The predicted molar refractivity (Wildman–Crippen MR) is 79.0 cm³/mol. The van der Waals surface area contributed by atoms with Gasteiger partial charge in [0.05, 0.1) is 23.8 Å². The van der Waals surface area contributed by atoms with Gasteiger partial charge in [0.15, 0.2) is 0 Å². The van der Waals surface area contributed by atoms with Crippen LogP contribution >= 0.6 is 0 Å². The van der Waals surface area contributed by atoms with Gasteiger partial charge in [0.25, 0.3) is 5.91 Å². The van der Waals surface area contributed by atoms with Crippen LogP contribution in [0.15, 0.2) is 30.5 Å². The molecular formula is C16H12F3N3O2. The fourth-order valence-electron chi connectivity index (χ4n) is 2.11. The molecule has 1 aromatic carbocycles. The van der Waals surface area contributed by atoms with E-state index in [-0.39, 0.29) is 16.9 Å².